The van der Waals surface area contributed by atoms with Crippen molar-refractivity contribution in [1.82, 2.24) is 15.1 Å². The van der Waals surface area contributed by atoms with Gasteiger partial charge in [-0.2, -0.15) is 9.78 Å². The number of hydrogen-bond donors (Lipinski definition) is 1. The molecule has 1 aliphatic heterocycles. The first-order valence-electron chi connectivity index (χ1n) is 10.9. The van der Waals surface area contributed by atoms with Gasteiger partial charge in [0.05, 0.1) is 17.1 Å². The summed E-state index contributed by atoms with van der Waals surface area (Å²) in [6.07, 6.45) is 0. The lowest BCUT2D eigenvalue weighted by Crippen LogP contribution is -2.32. The van der Waals surface area contributed by atoms with Gasteiger partial charge in [0, 0.05) is 5.39 Å². The molecule has 0 fully saturated rings. The van der Waals surface area contributed by atoms with E-state index in [1.54, 1.807) is 60.7 Å². The van der Waals surface area contributed by atoms with Gasteiger partial charge in [-0.05, 0) is 42.8 Å². The van der Waals surface area contributed by atoms with E-state index in [0.717, 1.165) is 10.2 Å². The molecule has 0 bridgehead atoms. The number of carbonyl (C=O) groups is 2. The van der Waals surface area contributed by atoms with E-state index in [4.69, 9.17) is 14.2 Å². The predicted octanol–water partition coefficient (Wildman–Crippen LogP) is 3.15. The monoisotopic (exact) mass is 471 g/mol. The molecule has 0 saturated heterocycles. The van der Waals surface area contributed by atoms with Crippen LogP contribution < -0.4 is 20.3 Å². The summed E-state index contributed by atoms with van der Waals surface area (Å²) in [5.41, 5.74) is 0.906. The lowest BCUT2D eigenvalue weighted by Gasteiger charge is -2.15. The van der Waals surface area contributed by atoms with Gasteiger partial charge in [-0.15, -0.1) is 0 Å². The number of nitrogens with zero attached hydrogens (tertiary/aromatic N) is 2. The van der Waals surface area contributed by atoms with Crippen molar-refractivity contribution >= 4 is 22.6 Å². The number of rotatable bonds is 6. The van der Waals surface area contributed by atoms with E-state index in [9.17, 15) is 14.4 Å². The molecule has 9 heteroatoms. The number of para-hydroxylation sites is 1. The van der Waals surface area contributed by atoms with Gasteiger partial charge in [0.2, 0.25) is 6.79 Å². The second kappa shape index (κ2) is 9.30. The van der Waals surface area contributed by atoms with Crippen LogP contribution >= 0.6 is 0 Å². The molecule has 4 aromatic rings. The number of benzene rings is 3. The second-order valence-electron chi connectivity index (χ2n) is 7.92. The van der Waals surface area contributed by atoms with E-state index in [0.29, 0.717) is 28.0 Å². The lowest BCUT2D eigenvalue weighted by atomic mass is 10.1. The zero-order valence-electron chi connectivity index (χ0n) is 18.8. The molecule has 2 heterocycles. The number of hydrogen-bond acceptors (Lipinski definition) is 7. The van der Waals surface area contributed by atoms with Crippen molar-refractivity contribution in [2.75, 3.05) is 13.4 Å². The molecule has 0 radical (unpaired) electrons. The van der Waals surface area contributed by atoms with E-state index in [-0.39, 0.29) is 24.1 Å². The van der Waals surface area contributed by atoms with Gasteiger partial charge in [-0.3, -0.25) is 9.59 Å². The lowest BCUT2D eigenvalue weighted by molar-refractivity contribution is -0.124. The highest BCUT2D eigenvalue weighted by Crippen LogP contribution is 2.34. The Labute approximate surface area is 199 Å². The zero-order valence-corrected chi connectivity index (χ0v) is 18.8. The van der Waals surface area contributed by atoms with Gasteiger partial charge in [0.25, 0.3) is 11.5 Å². The number of fused-ring (bicyclic) bond motifs is 2. The topological polar surface area (TPSA) is 109 Å². The van der Waals surface area contributed by atoms with Crippen molar-refractivity contribution in [2.24, 2.45) is 0 Å². The summed E-state index contributed by atoms with van der Waals surface area (Å²) in [5, 5.41) is 7.72. The maximum absolute atomic E-state index is 13.0. The first-order valence-corrected chi connectivity index (χ1v) is 10.9. The Morgan fingerprint density at radius 3 is 2.51 bits per heavy atom. The molecule has 0 saturated carbocycles. The van der Waals surface area contributed by atoms with Crippen LogP contribution in [-0.4, -0.2) is 35.1 Å². The fraction of sp³-hybridized carbons (Fsp3) is 0.154. The van der Waals surface area contributed by atoms with Gasteiger partial charge in [-0.1, -0.05) is 42.5 Å². The van der Waals surface area contributed by atoms with Crippen LogP contribution in [0.4, 0.5) is 0 Å². The molecule has 1 N–H and O–H groups in total. The van der Waals surface area contributed by atoms with Crippen LogP contribution in [0, 0.1) is 0 Å². The number of esters is 1. The Morgan fingerprint density at radius 1 is 1.00 bits per heavy atom. The maximum Gasteiger partial charge on any atom is 0.359 e. The summed E-state index contributed by atoms with van der Waals surface area (Å²) >= 11 is 0. The largest absolute Gasteiger partial charge is 0.454 e. The number of nitrogens with one attached hydrogen (secondary N) is 1. The van der Waals surface area contributed by atoms with Crippen molar-refractivity contribution < 1.29 is 23.8 Å². The SMILES string of the molecule is CC(NC(=O)COC(=O)c1nn(-c2ccccc2)c(=O)c2ccccc12)c1ccc2c(c1)OCO2. The van der Waals surface area contributed by atoms with E-state index >= 15 is 0 Å². The molecule has 3 aromatic carbocycles. The number of ether oxygens (including phenoxy) is 3. The third kappa shape index (κ3) is 4.43. The smallest absolute Gasteiger partial charge is 0.359 e. The Hall–Kier alpha value is -4.66. The average molecular weight is 471 g/mol. The molecule has 0 spiro atoms. The van der Waals surface area contributed by atoms with Crippen molar-refractivity contribution in [1.29, 1.82) is 0 Å². The minimum Gasteiger partial charge on any atom is -0.454 e. The van der Waals surface area contributed by atoms with Crippen LogP contribution in [0.5, 0.6) is 11.5 Å². The number of amides is 1. The van der Waals surface area contributed by atoms with Gasteiger partial charge in [0.1, 0.15) is 0 Å². The Kier molecular flexibility index (Phi) is 5.88. The first-order chi connectivity index (χ1) is 17.0. The number of aromatic nitrogens is 2. The summed E-state index contributed by atoms with van der Waals surface area (Å²) in [5.74, 6) is -0.0275. The molecular weight excluding hydrogens is 450 g/mol. The molecule has 1 aliphatic rings. The van der Waals surface area contributed by atoms with Gasteiger partial charge in [-0.25, -0.2) is 4.79 Å². The predicted molar refractivity (Wildman–Crippen MR) is 127 cm³/mol. The minimum atomic E-state index is -0.809. The molecule has 0 aliphatic carbocycles. The van der Waals surface area contributed by atoms with Crippen LogP contribution in [0.15, 0.2) is 77.6 Å². The Bertz CT molecular complexity index is 1480. The van der Waals surface area contributed by atoms with Crippen molar-refractivity contribution in [3.05, 3.63) is 94.4 Å². The molecule has 1 atom stereocenters. The van der Waals surface area contributed by atoms with E-state index in [2.05, 4.69) is 10.4 Å². The molecule has 1 amide bonds. The molecule has 1 unspecified atom stereocenters. The molecule has 35 heavy (non-hydrogen) atoms. The quantitative estimate of drug-likeness (QED) is 0.430. The third-order valence-corrected chi connectivity index (χ3v) is 5.61. The molecular formula is C26H21N3O6. The van der Waals surface area contributed by atoms with Gasteiger partial charge in [0.15, 0.2) is 23.8 Å². The van der Waals surface area contributed by atoms with Crippen LogP contribution in [0.1, 0.15) is 29.0 Å². The summed E-state index contributed by atoms with van der Waals surface area (Å²) in [6, 6.07) is 20.5. The fourth-order valence-electron chi connectivity index (χ4n) is 3.83. The van der Waals surface area contributed by atoms with Gasteiger partial charge < -0.3 is 19.5 Å². The molecule has 5 rings (SSSR count). The van der Waals surface area contributed by atoms with E-state index in [1.807, 2.05) is 19.1 Å². The number of carbonyl (C=O) groups excluding carboxylic acids is 2. The highest BCUT2D eigenvalue weighted by molar-refractivity contribution is 6.02. The summed E-state index contributed by atoms with van der Waals surface area (Å²) in [7, 11) is 0. The Balaban J connectivity index is 1.33. The Morgan fingerprint density at radius 2 is 1.71 bits per heavy atom. The molecule has 176 valence electrons. The maximum atomic E-state index is 13.0. The normalized spacial score (nSPS) is 12.8. The zero-order chi connectivity index (χ0) is 24.4. The summed E-state index contributed by atoms with van der Waals surface area (Å²) in [6.45, 7) is 1.46. The van der Waals surface area contributed by atoms with Crippen LogP contribution in [0.25, 0.3) is 16.5 Å². The van der Waals surface area contributed by atoms with Crippen LogP contribution in [0.2, 0.25) is 0 Å². The second-order valence-corrected chi connectivity index (χ2v) is 7.92. The van der Waals surface area contributed by atoms with Crippen LogP contribution in [0.3, 0.4) is 0 Å². The summed E-state index contributed by atoms with van der Waals surface area (Å²) < 4.78 is 17.1. The molecule has 1 aromatic heterocycles. The van der Waals surface area contributed by atoms with Crippen LogP contribution in [-0.2, 0) is 9.53 Å². The highest BCUT2D eigenvalue weighted by Gasteiger charge is 2.21. The minimum absolute atomic E-state index is 0.0549. The van der Waals surface area contributed by atoms with Gasteiger partial charge >= 0.3 is 5.97 Å². The molecule has 9 nitrogen and oxygen atoms in total. The average Bonchev–Trinajstić information content (AvgIpc) is 3.36. The third-order valence-electron chi connectivity index (χ3n) is 5.61. The van der Waals surface area contributed by atoms with E-state index in [1.165, 1.54) is 0 Å². The fourth-order valence-corrected chi connectivity index (χ4v) is 3.83. The van der Waals surface area contributed by atoms with Crippen molar-refractivity contribution in [2.45, 2.75) is 13.0 Å². The standard InChI is InChI=1S/C26H21N3O6/c1-16(17-11-12-21-22(13-17)35-15-34-21)27-23(30)14-33-26(32)24-19-9-5-6-10-20(19)25(31)29(28-24)18-7-3-2-4-8-18/h2-13,16H,14-15H2,1H3,(H,27,30). The highest BCUT2D eigenvalue weighted by atomic mass is 16.7. The van der Waals surface area contributed by atoms with E-state index < -0.39 is 18.5 Å². The van der Waals surface area contributed by atoms with Crippen molar-refractivity contribution in [3.63, 3.8) is 0 Å². The summed E-state index contributed by atoms with van der Waals surface area (Å²) in [4.78, 5) is 38.4. The first kappa shape index (κ1) is 22.1. The van der Waals surface area contributed by atoms with Crippen molar-refractivity contribution in [3.8, 4) is 17.2 Å².